The van der Waals surface area contributed by atoms with Gasteiger partial charge in [-0.05, 0) is 50.8 Å². The van der Waals surface area contributed by atoms with Crippen LogP contribution < -0.4 is 5.32 Å². The Kier molecular flexibility index (Phi) is 3.98. The lowest BCUT2D eigenvalue weighted by molar-refractivity contribution is -0.153. The van der Waals surface area contributed by atoms with Crippen LogP contribution in [0.25, 0.3) is 0 Å². The van der Waals surface area contributed by atoms with Crippen LogP contribution in [-0.4, -0.2) is 23.7 Å². The van der Waals surface area contributed by atoms with Crippen LogP contribution in [0.2, 0.25) is 5.02 Å². The molecule has 2 heterocycles. The van der Waals surface area contributed by atoms with Gasteiger partial charge >= 0.3 is 5.97 Å². The van der Waals surface area contributed by atoms with E-state index in [2.05, 4.69) is 12.2 Å². The molecule has 2 fully saturated rings. The van der Waals surface area contributed by atoms with Crippen molar-refractivity contribution in [2.24, 2.45) is 0 Å². The molecule has 1 unspecified atom stereocenters. The molecule has 0 aliphatic carbocycles. The second-order valence-corrected chi connectivity index (χ2v) is 7.15. The first-order valence-electron chi connectivity index (χ1n) is 7.69. The average molecular weight is 308 g/mol. The Bertz CT molecular complexity index is 547. The Balaban J connectivity index is 1.64. The molecule has 0 amide bonds. The van der Waals surface area contributed by atoms with Gasteiger partial charge in [0, 0.05) is 23.0 Å². The molecular formula is C17H22ClNO2. The maximum atomic E-state index is 12.4. The number of carbonyl (C=O) groups is 1. The van der Waals surface area contributed by atoms with E-state index in [9.17, 15) is 4.79 Å². The van der Waals surface area contributed by atoms with Crippen LogP contribution in [-0.2, 0) is 9.53 Å². The summed E-state index contributed by atoms with van der Waals surface area (Å²) in [5.74, 6) is -0.420. The first kappa shape index (κ1) is 14.9. The molecule has 3 nitrogen and oxygen atoms in total. The molecule has 4 heteroatoms. The van der Waals surface area contributed by atoms with Crippen LogP contribution in [0.15, 0.2) is 24.3 Å². The lowest BCUT2D eigenvalue weighted by atomic mass is 9.91. The zero-order valence-electron chi connectivity index (χ0n) is 12.6. The summed E-state index contributed by atoms with van der Waals surface area (Å²) in [6.07, 6.45) is 4.25. The molecule has 0 aromatic heterocycles. The number of rotatable bonds is 3. The van der Waals surface area contributed by atoms with Gasteiger partial charge in [-0.3, -0.25) is 4.79 Å². The molecule has 2 saturated heterocycles. The largest absolute Gasteiger partial charge is 0.462 e. The highest BCUT2D eigenvalue weighted by atomic mass is 35.5. The molecule has 2 aliphatic rings. The van der Waals surface area contributed by atoms with E-state index in [4.69, 9.17) is 16.3 Å². The monoisotopic (exact) mass is 307 g/mol. The molecule has 3 rings (SSSR count). The van der Waals surface area contributed by atoms with Crippen molar-refractivity contribution in [2.45, 2.75) is 63.1 Å². The third kappa shape index (κ3) is 3.24. The zero-order valence-corrected chi connectivity index (χ0v) is 13.3. The second-order valence-electron chi connectivity index (χ2n) is 6.72. The van der Waals surface area contributed by atoms with E-state index in [1.165, 1.54) is 12.8 Å². The standard InChI is InChI=1S/C17H22ClNO2/c1-11(12-4-3-5-13(18)8-12)16(20)21-15-9-14-6-7-17(2,10-15)19-14/h3-5,8,11,14-15,19H,6-7,9-10H2,1-2H3/t11?,14-,15+,17+/m0/s1. The highest BCUT2D eigenvalue weighted by molar-refractivity contribution is 6.30. The van der Waals surface area contributed by atoms with Gasteiger partial charge in [0.1, 0.15) is 6.10 Å². The highest BCUT2D eigenvalue weighted by Gasteiger charge is 2.43. The van der Waals surface area contributed by atoms with Gasteiger partial charge in [-0.2, -0.15) is 0 Å². The Morgan fingerprint density at radius 2 is 2.33 bits per heavy atom. The minimum atomic E-state index is -0.274. The minimum Gasteiger partial charge on any atom is -0.462 e. The average Bonchev–Trinajstić information content (AvgIpc) is 2.71. The maximum absolute atomic E-state index is 12.4. The summed E-state index contributed by atoms with van der Waals surface area (Å²) < 4.78 is 5.77. The third-order valence-electron chi connectivity index (χ3n) is 4.81. The molecule has 1 aromatic rings. The number of carbonyl (C=O) groups excluding carboxylic acids is 1. The van der Waals surface area contributed by atoms with Gasteiger partial charge in [-0.1, -0.05) is 23.7 Å². The van der Waals surface area contributed by atoms with E-state index in [0.29, 0.717) is 11.1 Å². The number of nitrogens with one attached hydrogen (secondary N) is 1. The van der Waals surface area contributed by atoms with E-state index in [-0.39, 0.29) is 23.5 Å². The molecule has 0 radical (unpaired) electrons. The fourth-order valence-electron chi connectivity index (χ4n) is 3.64. The summed E-state index contributed by atoms with van der Waals surface area (Å²) >= 11 is 5.99. The summed E-state index contributed by atoms with van der Waals surface area (Å²) in [7, 11) is 0. The Morgan fingerprint density at radius 1 is 1.52 bits per heavy atom. The molecule has 2 aliphatic heterocycles. The summed E-state index contributed by atoms with van der Waals surface area (Å²) in [6.45, 7) is 4.11. The second kappa shape index (κ2) is 5.62. The molecule has 0 saturated carbocycles. The molecular weight excluding hydrogens is 286 g/mol. The fourth-order valence-corrected chi connectivity index (χ4v) is 3.84. The van der Waals surface area contributed by atoms with Crippen molar-refractivity contribution in [3.05, 3.63) is 34.9 Å². The van der Waals surface area contributed by atoms with Crippen LogP contribution in [0.1, 0.15) is 51.0 Å². The highest BCUT2D eigenvalue weighted by Crippen LogP contribution is 2.37. The summed E-state index contributed by atoms with van der Waals surface area (Å²) in [5.41, 5.74) is 1.06. The van der Waals surface area contributed by atoms with Crippen LogP contribution in [0.5, 0.6) is 0 Å². The van der Waals surface area contributed by atoms with Crippen molar-refractivity contribution in [3.63, 3.8) is 0 Å². The topological polar surface area (TPSA) is 38.3 Å². The van der Waals surface area contributed by atoms with Crippen molar-refractivity contribution in [1.82, 2.24) is 5.32 Å². The predicted octanol–water partition coefficient (Wildman–Crippen LogP) is 3.66. The Morgan fingerprint density at radius 3 is 3.05 bits per heavy atom. The van der Waals surface area contributed by atoms with Crippen molar-refractivity contribution < 1.29 is 9.53 Å². The number of fused-ring (bicyclic) bond motifs is 2. The number of esters is 1. The zero-order chi connectivity index (χ0) is 15.0. The van der Waals surface area contributed by atoms with E-state index in [1.807, 2.05) is 31.2 Å². The van der Waals surface area contributed by atoms with Gasteiger partial charge in [-0.25, -0.2) is 0 Å². The van der Waals surface area contributed by atoms with E-state index in [1.54, 1.807) is 0 Å². The third-order valence-corrected chi connectivity index (χ3v) is 5.04. The summed E-state index contributed by atoms with van der Waals surface area (Å²) in [4.78, 5) is 12.4. The lowest BCUT2D eigenvalue weighted by Crippen LogP contribution is -2.50. The fraction of sp³-hybridized carbons (Fsp3) is 0.588. The SMILES string of the molecule is CC(C(=O)O[C@@H]1C[C@@H]2CC[C@](C)(C1)N2)c1cccc(Cl)c1. The number of halogens is 1. The Labute approximate surface area is 131 Å². The summed E-state index contributed by atoms with van der Waals surface area (Å²) in [6, 6.07) is 7.94. The van der Waals surface area contributed by atoms with E-state index < -0.39 is 0 Å². The molecule has 1 N–H and O–H groups in total. The maximum Gasteiger partial charge on any atom is 0.313 e. The van der Waals surface area contributed by atoms with Crippen molar-refractivity contribution in [2.75, 3.05) is 0 Å². The molecule has 21 heavy (non-hydrogen) atoms. The first-order valence-corrected chi connectivity index (χ1v) is 8.07. The summed E-state index contributed by atoms with van der Waals surface area (Å²) in [5, 5.41) is 4.28. The first-order chi connectivity index (χ1) is 9.95. The van der Waals surface area contributed by atoms with Crippen molar-refractivity contribution in [3.8, 4) is 0 Å². The van der Waals surface area contributed by atoms with Gasteiger partial charge in [0.2, 0.25) is 0 Å². The van der Waals surface area contributed by atoms with Gasteiger partial charge in [0.25, 0.3) is 0 Å². The number of piperidine rings is 1. The number of ether oxygens (including phenoxy) is 1. The molecule has 0 spiro atoms. The minimum absolute atomic E-state index is 0.0397. The Hall–Kier alpha value is -1.06. The molecule has 1 aromatic carbocycles. The van der Waals surface area contributed by atoms with E-state index >= 15 is 0 Å². The smallest absolute Gasteiger partial charge is 0.313 e. The molecule has 2 bridgehead atoms. The van der Waals surface area contributed by atoms with E-state index in [0.717, 1.165) is 18.4 Å². The lowest BCUT2D eigenvalue weighted by Gasteiger charge is -2.36. The van der Waals surface area contributed by atoms with Gasteiger partial charge in [0.05, 0.1) is 5.92 Å². The number of benzene rings is 1. The van der Waals surface area contributed by atoms with Gasteiger partial charge < -0.3 is 10.1 Å². The quantitative estimate of drug-likeness (QED) is 0.866. The van der Waals surface area contributed by atoms with Crippen molar-refractivity contribution in [1.29, 1.82) is 0 Å². The van der Waals surface area contributed by atoms with Gasteiger partial charge in [-0.15, -0.1) is 0 Å². The molecule has 114 valence electrons. The number of hydrogen-bond donors (Lipinski definition) is 1. The van der Waals surface area contributed by atoms with Crippen LogP contribution in [0, 0.1) is 0 Å². The van der Waals surface area contributed by atoms with Crippen LogP contribution in [0.4, 0.5) is 0 Å². The van der Waals surface area contributed by atoms with Crippen molar-refractivity contribution >= 4 is 17.6 Å². The normalized spacial score (nSPS) is 32.7. The van der Waals surface area contributed by atoms with Gasteiger partial charge in [0.15, 0.2) is 0 Å². The van der Waals surface area contributed by atoms with Crippen LogP contribution >= 0.6 is 11.6 Å². The molecule has 4 atom stereocenters. The number of hydrogen-bond acceptors (Lipinski definition) is 3. The van der Waals surface area contributed by atoms with Crippen LogP contribution in [0.3, 0.4) is 0 Å². The predicted molar refractivity (Wildman–Crippen MR) is 83.5 cm³/mol.